The second-order valence-electron chi connectivity index (χ2n) is 6.22. The van der Waals surface area contributed by atoms with Gasteiger partial charge in [-0.1, -0.05) is 13.3 Å². The summed E-state index contributed by atoms with van der Waals surface area (Å²) in [5.41, 5.74) is 6.70. The van der Waals surface area contributed by atoms with Gasteiger partial charge in [0.15, 0.2) is 0 Å². The molecule has 4 nitrogen and oxygen atoms in total. The maximum absolute atomic E-state index is 12.6. The summed E-state index contributed by atoms with van der Waals surface area (Å²) in [6.07, 6.45) is 5.37. The lowest BCUT2D eigenvalue weighted by Crippen LogP contribution is -2.31. The number of carbonyl (C=O) groups excluding carboxylic acids is 2. The Labute approximate surface area is 129 Å². The number of fused-ring (bicyclic) bond motifs is 1. The quantitative estimate of drug-likeness (QED) is 0.930. The lowest BCUT2D eigenvalue weighted by molar-refractivity contribution is -0.121. The van der Waals surface area contributed by atoms with Crippen LogP contribution >= 0.6 is 11.3 Å². The molecule has 114 valence electrons. The van der Waals surface area contributed by atoms with Gasteiger partial charge in [-0.2, -0.15) is 0 Å². The van der Waals surface area contributed by atoms with Crippen LogP contribution in [0.3, 0.4) is 0 Å². The zero-order chi connectivity index (χ0) is 15.0. The molecule has 1 aromatic heterocycles. The number of nitrogens with zero attached hydrogens (tertiary/aromatic N) is 1. The molecule has 2 atom stereocenters. The Kier molecular flexibility index (Phi) is 4.02. The molecule has 1 aliphatic heterocycles. The van der Waals surface area contributed by atoms with Crippen LogP contribution in [0.2, 0.25) is 0 Å². The van der Waals surface area contributed by atoms with Gasteiger partial charge >= 0.3 is 0 Å². The molecule has 1 aromatic rings. The number of thiophene rings is 1. The van der Waals surface area contributed by atoms with Crippen molar-refractivity contribution in [2.45, 2.75) is 39.0 Å². The Morgan fingerprint density at radius 2 is 2.24 bits per heavy atom. The van der Waals surface area contributed by atoms with E-state index in [9.17, 15) is 9.59 Å². The highest BCUT2D eigenvalue weighted by Crippen LogP contribution is 2.34. The van der Waals surface area contributed by atoms with E-state index in [0.29, 0.717) is 19.5 Å². The third-order valence-corrected chi connectivity index (χ3v) is 6.08. The third kappa shape index (κ3) is 2.84. The van der Waals surface area contributed by atoms with E-state index in [2.05, 4.69) is 13.0 Å². The number of amides is 2. The molecule has 0 radical (unpaired) electrons. The molecular formula is C16H22N2O2S. The van der Waals surface area contributed by atoms with Crippen molar-refractivity contribution in [3.8, 4) is 0 Å². The summed E-state index contributed by atoms with van der Waals surface area (Å²) in [6, 6.07) is 2.09. The molecule has 2 aliphatic rings. The molecule has 0 bridgehead atoms. The zero-order valence-corrected chi connectivity index (χ0v) is 13.2. The smallest absolute Gasteiger partial charge is 0.263 e. The number of hydrogen-bond donors (Lipinski definition) is 1. The van der Waals surface area contributed by atoms with Crippen LogP contribution < -0.4 is 5.73 Å². The molecule has 5 heteroatoms. The van der Waals surface area contributed by atoms with Crippen LogP contribution in [0.1, 0.15) is 46.3 Å². The highest BCUT2D eigenvalue weighted by Gasteiger charge is 2.31. The molecule has 2 heterocycles. The largest absolute Gasteiger partial charge is 0.369 e. The van der Waals surface area contributed by atoms with Gasteiger partial charge in [-0.05, 0) is 43.2 Å². The van der Waals surface area contributed by atoms with Crippen LogP contribution in [-0.4, -0.2) is 29.8 Å². The van der Waals surface area contributed by atoms with E-state index < -0.39 is 0 Å². The molecule has 0 aromatic carbocycles. The highest BCUT2D eigenvalue weighted by atomic mass is 32.1. The van der Waals surface area contributed by atoms with E-state index in [0.717, 1.165) is 23.6 Å². The summed E-state index contributed by atoms with van der Waals surface area (Å²) in [6.45, 7) is 3.36. The summed E-state index contributed by atoms with van der Waals surface area (Å²) in [7, 11) is 0. The Balaban J connectivity index is 1.72. The fourth-order valence-corrected chi connectivity index (χ4v) is 4.56. The molecule has 21 heavy (non-hydrogen) atoms. The van der Waals surface area contributed by atoms with E-state index in [1.54, 1.807) is 16.2 Å². The van der Waals surface area contributed by atoms with Crippen LogP contribution in [0.25, 0.3) is 0 Å². The number of hydrogen-bond acceptors (Lipinski definition) is 3. The van der Waals surface area contributed by atoms with Crippen molar-refractivity contribution >= 4 is 23.2 Å². The summed E-state index contributed by atoms with van der Waals surface area (Å²) in [4.78, 5) is 27.8. The van der Waals surface area contributed by atoms with Crippen molar-refractivity contribution in [2.24, 2.45) is 17.6 Å². The average Bonchev–Trinajstić information content (AvgIpc) is 3.12. The van der Waals surface area contributed by atoms with Gasteiger partial charge in [0, 0.05) is 18.0 Å². The number of carbonyl (C=O) groups is 2. The third-order valence-electron chi connectivity index (χ3n) is 4.85. The van der Waals surface area contributed by atoms with E-state index in [4.69, 9.17) is 5.73 Å². The average molecular weight is 306 g/mol. The monoisotopic (exact) mass is 306 g/mol. The minimum Gasteiger partial charge on any atom is -0.369 e. The van der Waals surface area contributed by atoms with E-state index in [-0.39, 0.29) is 17.7 Å². The zero-order valence-electron chi connectivity index (χ0n) is 12.4. The molecular weight excluding hydrogens is 284 g/mol. The predicted octanol–water partition coefficient (Wildman–Crippen LogP) is 2.21. The first kappa shape index (κ1) is 14.6. The summed E-state index contributed by atoms with van der Waals surface area (Å²) >= 11 is 1.65. The first-order valence-corrected chi connectivity index (χ1v) is 8.60. The number of likely N-dealkylation sites (tertiary alicyclic amines) is 1. The first-order chi connectivity index (χ1) is 10.1. The summed E-state index contributed by atoms with van der Waals surface area (Å²) in [5, 5.41) is 0. The Morgan fingerprint density at radius 1 is 1.43 bits per heavy atom. The van der Waals surface area contributed by atoms with Crippen LogP contribution in [0.5, 0.6) is 0 Å². The number of primary amides is 1. The lowest BCUT2D eigenvalue weighted by atomic mass is 9.87. The fraction of sp³-hybridized carbons (Fsp3) is 0.625. The fourth-order valence-electron chi connectivity index (χ4n) is 3.39. The van der Waals surface area contributed by atoms with E-state index in [1.165, 1.54) is 23.3 Å². The minimum atomic E-state index is -0.290. The molecule has 2 N–H and O–H groups in total. The minimum absolute atomic E-state index is 0.0752. The van der Waals surface area contributed by atoms with Gasteiger partial charge in [-0.15, -0.1) is 11.3 Å². The van der Waals surface area contributed by atoms with Crippen LogP contribution in [-0.2, 0) is 17.6 Å². The van der Waals surface area contributed by atoms with Crippen molar-refractivity contribution in [3.63, 3.8) is 0 Å². The summed E-state index contributed by atoms with van der Waals surface area (Å²) < 4.78 is 0. The number of nitrogens with two attached hydrogens (primary N) is 1. The molecule has 1 saturated heterocycles. The standard InChI is InChI=1S/C16H22N2O2S/c1-2-10-3-4-13-12(7-10)8-14(21-13)16(20)18-6-5-11(9-18)15(17)19/h8,10-11H,2-7,9H2,1H3,(H2,17,19)/t10-,11-/m0/s1. The molecule has 1 fully saturated rings. The van der Waals surface area contributed by atoms with Gasteiger partial charge in [0.25, 0.3) is 5.91 Å². The normalized spacial score (nSPS) is 24.9. The van der Waals surface area contributed by atoms with Crippen molar-refractivity contribution in [3.05, 3.63) is 21.4 Å². The van der Waals surface area contributed by atoms with Gasteiger partial charge in [0.2, 0.25) is 5.91 Å². The number of aryl methyl sites for hydroxylation is 1. The number of rotatable bonds is 3. The SMILES string of the molecule is CC[C@H]1CCc2sc(C(=O)N3CC[C@H](C(N)=O)C3)cc2C1. The Hall–Kier alpha value is -1.36. The van der Waals surface area contributed by atoms with Gasteiger partial charge in [0.05, 0.1) is 10.8 Å². The summed E-state index contributed by atoms with van der Waals surface area (Å²) in [5.74, 6) is 0.377. The van der Waals surface area contributed by atoms with Gasteiger partial charge in [0.1, 0.15) is 0 Å². The molecule has 1 aliphatic carbocycles. The van der Waals surface area contributed by atoms with Crippen LogP contribution in [0, 0.1) is 11.8 Å². The van der Waals surface area contributed by atoms with Gasteiger partial charge in [-0.25, -0.2) is 0 Å². The topological polar surface area (TPSA) is 63.4 Å². The molecule has 2 amide bonds. The molecule has 0 saturated carbocycles. The van der Waals surface area contributed by atoms with E-state index in [1.807, 2.05) is 0 Å². The first-order valence-electron chi connectivity index (χ1n) is 7.78. The van der Waals surface area contributed by atoms with Gasteiger partial charge < -0.3 is 10.6 Å². The lowest BCUT2D eigenvalue weighted by Gasteiger charge is -2.19. The van der Waals surface area contributed by atoms with Crippen molar-refractivity contribution in [2.75, 3.05) is 13.1 Å². The Bertz CT molecular complexity index is 567. The highest BCUT2D eigenvalue weighted by molar-refractivity contribution is 7.14. The van der Waals surface area contributed by atoms with Crippen LogP contribution in [0.4, 0.5) is 0 Å². The molecule has 3 rings (SSSR count). The second-order valence-corrected chi connectivity index (χ2v) is 7.35. The Morgan fingerprint density at radius 3 is 2.90 bits per heavy atom. The van der Waals surface area contributed by atoms with Gasteiger partial charge in [-0.3, -0.25) is 9.59 Å². The maximum Gasteiger partial charge on any atom is 0.263 e. The maximum atomic E-state index is 12.6. The predicted molar refractivity (Wildman–Crippen MR) is 83.3 cm³/mol. The van der Waals surface area contributed by atoms with E-state index >= 15 is 0 Å². The van der Waals surface area contributed by atoms with Crippen molar-refractivity contribution < 1.29 is 9.59 Å². The molecule has 0 unspecified atom stereocenters. The van der Waals surface area contributed by atoms with Crippen LogP contribution in [0.15, 0.2) is 6.07 Å². The van der Waals surface area contributed by atoms with Crippen molar-refractivity contribution in [1.82, 2.24) is 4.90 Å². The second kappa shape index (κ2) is 5.79. The van der Waals surface area contributed by atoms with Crippen molar-refractivity contribution in [1.29, 1.82) is 0 Å². The molecule has 0 spiro atoms.